The van der Waals surface area contributed by atoms with Crippen LogP contribution >= 0.6 is 35.0 Å². The van der Waals surface area contributed by atoms with Crippen LogP contribution in [-0.2, 0) is 5.75 Å². The minimum absolute atomic E-state index is 0.172. The van der Waals surface area contributed by atoms with Gasteiger partial charge in [-0.25, -0.2) is 0 Å². The minimum Gasteiger partial charge on any atom is -0.322 e. The molecule has 0 radical (unpaired) electrons. The molecule has 0 aliphatic carbocycles. The van der Waals surface area contributed by atoms with Gasteiger partial charge in [0.05, 0.1) is 15.6 Å². The molecule has 0 bridgehead atoms. The van der Waals surface area contributed by atoms with Gasteiger partial charge in [-0.15, -0.1) is 11.8 Å². The van der Waals surface area contributed by atoms with Crippen LogP contribution in [0.2, 0.25) is 10.0 Å². The molecule has 5 heteroatoms. The number of anilines is 1. The van der Waals surface area contributed by atoms with Gasteiger partial charge in [-0.05, 0) is 35.9 Å². The summed E-state index contributed by atoms with van der Waals surface area (Å²) >= 11 is 13.6. The van der Waals surface area contributed by atoms with Crippen LogP contribution < -0.4 is 5.32 Å². The Hall–Kier alpha value is -1.94. The fourth-order valence-corrected chi connectivity index (χ4v) is 3.59. The number of hydrogen-bond acceptors (Lipinski definition) is 2. The van der Waals surface area contributed by atoms with Crippen LogP contribution in [0, 0.1) is 0 Å². The lowest BCUT2D eigenvalue weighted by atomic mass is 10.2. The van der Waals surface area contributed by atoms with Gasteiger partial charge in [0.1, 0.15) is 0 Å². The van der Waals surface area contributed by atoms with E-state index in [1.807, 2.05) is 42.5 Å². The molecule has 0 heterocycles. The van der Waals surface area contributed by atoms with Gasteiger partial charge in [0.15, 0.2) is 0 Å². The van der Waals surface area contributed by atoms with E-state index in [-0.39, 0.29) is 5.91 Å². The lowest BCUT2D eigenvalue weighted by molar-refractivity contribution is 0.102. The highest BCUT2D eigenvalue weighted by atomic mass is 35.5. The van der Waals surface area contributed by atoms with Gasteiger partial charge in [0.25, 0.3) is 5.91 Å². The van der Waals surface area contributed by atoms with Crippen LogP contribution in [0.15, 0.2) is 77.7 Å². The number of rotatable bonds is 5. The van der Waals surface area contributed by atoms with E-state index < -0.39 is 0 Å². The standard InChI is InChI=1S/C20H15Cl2NOS/c21-17-11-10-15(12-18(17)22)23-20(24)16-8-4-5-9-19(16)25-13-14-6-2-1-3-7-14/h1-12H,13H2,(H,23,24). The molecule has 1 amide bonds. The number of hydrogen-bond donors (Lipinski definition) is 1. The quantitative estimate of drug-likeness (QED) is 0.503. The van der Waals surface area contributed by atoms with E-state index in [0.717, 1.165) is 10.6 Å². The summed E-state index contributed by atoms with van der Waals surface area (Å²) in [5, 5.41) is 3.73. The van der Waals surface area contributed by atoms with E-state index in [4.69, 9.17) is 23.2 Å². The molecule has 0 fully saturated rings. The Bertz CT molecular complexity index is 884. The van der Waals surface area contributed by atoms with Crippen molar-refractivity contribution in [3.8, 4) is 0 Å². The average molecular weight is 388 g/mol. The highest BCUT2D eigenvalue weighted by molar-refractivity contribution is 7.98. The third-order valence-electron chi connectivity index (χ3n) is 3.55. The first kappa shape index (κ1) is 17.9. The van der Waals surface area contributed by atoms with Gasteiger partial charge in [-0.3, -0.25) is 4.79 Å². The summed E-state index contributed by atoms with van der Waals surface area (Å²) in [6.45, 7) is 0. The predicted octanol–water partition coefficient (Wildman–Crippen LogP) is 6.54. The molecule has 1 N–H and O–H groups in total. The summed E-state index contributed by atoms with van der Waals surface area (Å²) in [6.07, 6.45) is 0. The minimum atomic E-state index is -0.172. The molecule has 0 aromatic heterocycles. The van der Waals surface area contributed by atoms with Gasteiger partial charge in [-0.1, -0.05) is 65.7 Å². The van der Waals surface area contributed by atoms with Crippen molar-refractivity contribution in [1.82, 2.24) is 0 Å². The lowest BCUT2D eigenvalue weighted by Crippen LogP contribution is -2.13. The van der Waals surface area contributed by atoms with Crippen molar-refractivity contribution in [3.63, 3.8) is 0 Å². The first-order valence-electron chi connectivity index (χ1n) is 7.65. The second-order valence-corrected chi connectivity index (χ2v) is 7.19. The molecule has 25 heavy (non-hydrogen) atoms. The zero-order chi connectivity index (χ0) is 17.6. The maximum Gasteiger partial charge on any atom is 0.256 e. The number of benzene rings is 3. The summed E-state index contributed by atoms with van der Waals surface area (Å²) in [7, 11) is 0. The molecule has 0 unspecified atom stereocenters. The van der Waals surface area contributed by atoms with Crippen molar-refractivity contribution < 1.29 is 4.79 Å². The Labute approximate surface area is 161 Å². The number of carbonyl (C=O) groups excluding carboxylic acids is 1. The molecule has 0 aliphatic rings. The summed E-state index contributed by atoms with van der Waals surface area (Å²) in [5.74, 6) is 0.632. The third-order valence-corrected chi connectivity index (χ3v) is 5.43. The van der Waals surface area contributed by atoms with Crippen molar-refractivity contribution >= 4 is 46.6 Å². The molecule has 0 atom stereocenters. The molecule has 3 aromatic rings. The molecule has 2 nitrogen and oxygen atoms in total. The Morgan fingerprint density at radius 2 is 1.60 bits per heavy atom. The number of carbonyl (C=O) groups is 1. The number of nitrogens with one attached hydrogen (secondary N) is 1. The molecular weight excluding hydrogens is 373 g/mol. The topological polar surface area (TPSA) is 29.1 Å². The van der Waals surface area contributed by atoms with Crippen LogP contribution in [0.5, 0.6) is 0 Å². The predicted molar refractivity (Wildman–Crippen MR) is 107 cm³/mol. The van der Waals surface area contributed by atoms with Crippen molar-refractivity contribution in [3.05, 3.63) is 94.0 Å². The van der Waals surface area contributed by atoms with Gasteiger partial charge < -0.3 is 5.32 Å². The van der Waals surface area contributed by atoms with E-state index in [0.29, 0.717) is 21.3 Å². The largest absolute Gasteiger partial charge is 0.322 e. The SMILES string of the molecule is O=C(Nc1ccc(Cl)c(Cl)c1)c1ccccc1SCc1ccccc1. The van der Waals surface area contributed by atoms with E-state index in [2.05, 4.69) is 17.4 Å². The zero-order valence-electron chi connectivity index (χ0n) is 13.2. The van der Waals surface area contributed by atoms with Crippen LogP contribution in [0.4, 0.5) is 5.69 Å². The molecule has 126 valence electrons. The number of halogens is 2. The number of thioether (sulfide) groups is 1. The summed E-state index contributed by atoms with van der Waals surface area (Å²) < 4.78 is 0. The van der Waals surface area contributed by atoms with Crippen LogP contribution in [-0.4, -0.2) is 5.91 Å². The van der Waals surface area contributed by atoms with Crippen LogP contribution in [0.3, 0.4) is 0 Å². The Balaban J connectivity index is 1.75. The summed E-state index contributed by atoms with van der Waals surface area (Å²) in [5.41, 5.74) is 2.46. The second kappa shape index (κ2) is 8.43. The molecule has 0 saturated heterocycles. The van der Waals surface area contributed by atoms with Crippen LogP contribution in [0.1, 0.15) is 15.9 Å². The van der Waals surface area contributed by atoms with Crippen molar-refractivity contribution in [1.29, 1.82) is 0 Å². The first-order chi connectivity index (χ1) is 12.1. The summed E-state index contributed by atoms with van der Waals surface area (Å²) in [6, 6.07) is 22.8. The van der Waals surface area contributed by atoms with Crippen molar-refractivity contribution in [2.75, 3.05) is 5.32 Å². The fraction of sp³-hybridized carbons (Fsp3) is 0.0500. The Kier molecular flexibility index (Phi) is 6.03. The highest BCUT2D eigenvalue weighted by Crippen LogP contribution is 2.28. The zero-order valence-corrected chi connectivity index (χ0v) is 15.5. The smallest absolute Gasteiger partial charge is 0.256 e. The first-order valence-corrected chi connectivity index (χ1v) is 9.40. The average Bonchev–Trinajstić information content (AvgIpc) is 2.64. The molecule has 0 saturated carbocycles. The maximum atomic E-state index is 12.6. The third kappa shape index (κ3) is 4.79. The van der Waals surface area contributed by atoms with Gasteiger partial charge in [-0.2, -0.15) is 0 Å². The highest BCUT2D eigenvalue weighted by Gasteiger charge is 2.12. The van der Waals surface area contributed by atoms with E-state index >= 15 is 0 Å². The Morgan fingerprint density at radius 3 is 2.36 bits per heavy atom. The van der Waals surface area contributed by atoms with E-state index in [1.54, 1.807) is 30.0 Å². The van der Waals surface area contributed by atoms with Crippen molar-refractivity contribution in [2.45, 2.75) is 10.6 Å². The van der Waals surface area contributed by atoms with E-state index in [9.17, 15) is 4.79 Å². The number of amides is 1. The molecular formula is C20H15Cl2NOS. The van der Waals surface area contributed by atoms with Gasteiger partial charge in [0, 0.05) is 16.3 Å². The van der Waals surface area contributed by atoms with E-state index in [1.165, 1.54) is 5.56 Å². The molecule has 0 aliphatic heterocycles. The maximum absolute atomic E-state index is 12.6. The molecule has 3 aromatic carbocycles. The lowest BCUT2D eigenvalue weighted by Gasteiger charge is -2.10. The van der Waals surface area contributed by atoms with Crippen LogP contribution in [0.25, 0.3) is 0 Å². The Morgan fingerprint density at radius 1 is 0.880 bits per heavy atom. The fourth-order valence-electron chi connectivity index (χ4n) is 2.29. The second-order valence-electron chi connectivity index (χ2n) is 5.35. The molecule has 0 spiro atoms. The van der Waals surface area contributed by atoms with Gasteiger partial charge >= 0.3 is 0 Å². The van der Waals surface area contributed by atoms with Gasteiger partial charge in [0.2, 0.25) is 0 Å². The monoisotopic (exact) mass is 387 g/mol. The molecule has 3 rings (SSSR count). The normalized spacial score (nSPS) is 10.5. The summed E-state index contributed by atoms with van der Waals surface area (Å²) in [4.78, 5) is 13.6. The van der Waals surface area contributed by atoms with Crippen molar-refractivity contribution in [2.24, 2.45) is 0 Å².